The van der Waals surface area contributed by atoms with E-state index in [0.717, 1.165) is 12.5 Å². The number of carbonyl (C=O) groups excluding carboxylic acids is 2. The number of hydrogen-bond donors (Lipinski definition) is 2. The predicted octanol–water partition coefficient (Wildman–Crippen LogP) is 1.61. The molecule has 1 amide bonds. The Morgan fingerprint density at radius 1 is 1.20 bits per heavy atom. The Morgan fingerprint density at radius 3 is 2.30 bits per heavy atom. The zero-order chi connectivity index (χ0) is 15.0. The average Bonchev–Trinajstić information content (AvgIpc) is 2.39. The van der Waals surface area contributed by atoms with Crippen LogP contribution < -0.4 is 10.6 Å². The molecule has 5 nitrogen and oxygen atoms in total. The summed E-state index contributed by atoms with van der Waals surface area (Å²) in [4.78, 5) is 20.7. The molecule has 0 unspecified atom stereocenters. The fourth-order valence-corrected chi connectivity index (χ4v) is 2.62. The van der Waals surface area contributed by atoms with Crippen molar-refractivity contribution >= 4 is 12.4 Å². The van der Waals surface area contributed by atoms with Crippen LogP contribution in [-0.4, -0.2) is 37.1 Å². The van der Waals surface area contributed by atoms with Gasteiger partial charge in [-0.1, -0.05) is 19.3 Å². The molecule has 2 rings (SSSR count). The molecule has 1 heterocycles. The van der Waals surface area contributed by atoms with E-state index in [9.17, 15) is 9.59 Å². The lowest BCUT2D eigenvalue weighted by atomic mass is 9.83. The third kappa shape index (κ3) is 6.89. The third-order valence-corrected chi connectivity index (χ3v) is 3.62. The Morgan fingerprint density at radius 2 is 1.85 bits per heavy atom. The minimum absolute atomic E-state index is 0.168. The van der Waals surface area contributed by atoms with Crippen LogP contribution in [0.2, 0.25) is 0 Å². The monoisotopic (exact) mass is 284 g/mol. The van der Waals surface area contributed by atoms with Crippen molar-refractivity contribution in [2.45, 2.75) is 64.5 Å². The number of ether oxygens (including phenoxy) is 1. The quantitative estimate of drug-likeness (QED) is 0.756. The largest absolute Gasteiger partial charge is 0.462 e. The minimum atomic E-state index is -0.318. The normalized spacial score (nSPS) is 24.1. The second-order valence-electron chi connectivity index (χ2n) is 6.53. The van der Waals surface area contributed by atoms with Crippen LogP contribution in [0.15, 0.2) is 0 Å². The maximum atomic E-state index is 11.1. The lowest BCUT2D eigenvalue weighted by Crippen LogP contribution is -2.55. The van der Waals surface area contributed by atoms with Gasteiger partial charge in [0, 0.05) is 12.6 Å². The number of amides is 1. The van der Waals surface area contributed by atoms with Crippen LogP contribution in [0.5, 0.6) is 0 Å². The Kier molecular flexibility index (Phi) is 6.99. The van der Waals surface area contributed by atoms with Gasteiger partial charge in [-0.3, -0.25) is 9.59 Å². The van der Waals surface area contributed by atoms with Crippen molar-refractivity contribution < 1.29 is 14.3 Å². The van der Waals surface area contributed by atoms with E-state index in [1.165, 1.54) is 32.1 Å². The van der Waals surface area contributed by atoms with E-state index < -0.39 is 0 Å². The molecule has 0 radical (unpaired) electrons. The molecule has 0 spiro atoms. The van der Waals surface area contributed by atoms with Gasteiger partial charge in [0.05, 0.1) is 6.54 Å². The Hall–Kier alpha value is -1.10. The molecular formula is C15H28N2O3. The molecule has 1 atom stereocenters. The van der Waals surface area contributed by atoms with Crippen molar-refractivity contribution in [1.82, 2.24) is 10.6 Å². The molecule has 1 aliphatic heterocycles. The molecule has 0 bridgehead atoms. The van der Waals surface area contributed by atoms with Crippen LogP contribution in [0.3, 0.4) is 0 Å². The minimum Gasteiger partial charge on any atom is -0.462 e. The van der Waals surface area contributed by atoms with E-state index in [1.807, 2.05) is 20.8 Å². The highest BCUT2D eigenvalue weighted by Gasteiger charge is 2.27. The van der Waals surface area contributed by atoms with Crippen molar-refractivity contribution in [3.63, 3.8) is 0 Å². The van der Waals surface area contributed by atoms with Gasteiger partial charge in [-0.2, -0.15) is 0 Å². The number of rotatable bonds is 2. The number of piperazine rings is 1. The van der Waals surface area contributed by atoms with Gasteiger partial charge in [-0.05, 0) is 39.5 Å². The van der Waals surface area contributed by atoms with Crippen LogP contribution in [0, 0.1) is 5.92 Å². The highest BCUT2D eigenvalue weighted by Crippen LogP contribution is 2.26. The van der Waals surface area contributed by atoms with Gasteiger partial charge >= 0.3 is 0 Å². The molecule has 5 heteroatoms. The third-order valence-electron chi connectivity index (χ3n) is 3.62. The van der Waals surface area contributed by atoms with E-state index in [1.54, 1.807) is 0 Å². The van der Waals surface area contributed by atoms with E-state index in [0.29, 0.717) is 19.1 Å². The molecule has 1 aliphatic carbocycles. The summed E-state index contributed by atoms with van der Waals surface area (Å²) in [5.74, 6) is 0.896. The Labute approximate surface area is 121 Å². The first kappa shape index (κ1) is 17.0. The van der Waals surface area contributed by atoms with Gasteiger partial charge in [-0.15, -0.1) is 0 Å². The first-order chi connectivity index (χ1) is 9.42. The Bertz CT molecular complexity index is 307. The van der Waals surface area contributed by atoms with Crippen molar-refractivity contribution in [2.24, 2.45) is 5.92 Å². The van der Waals surface area contributed by atoms with Gasteiger partial charge in [0.25, 0.3) is 6.47 Å². The van der Waals surface area contributed by atoms with Gasteiger partial charge in [-0.25, -0.2) is 0 Å². The van der Waals surface area contributed by atoms with Crippen molar-refractivity contribution in [1.29, 1.82) is 0 Å². The van der Waals surface area contributed by atoms with Gasteiger partial charge in [0.2, 0.25) is 5.91 Å². The molecule has 116 valence electrons. The molecule has 2 fully saturated rings. The van der Waals surface area contributed by atoms with Gasteiger partial charge in [0.15, 0.2) is 0 Å². The topological polar surface area (TPSA) is 67.4 Å². The molecule has 20 heavy (non-hydrogen) atoms. The molecule has 0 aromatic rings. The lowest BCUT2D eigenvalue weighted by Gasteiger charge is -2.33. The SMILES string of the molecule is CC(C)(C)OC=O.O=C1CNC[C@@H](C2CCCCC2)N1. The fourth-order valence-electron chi connectivity index (χ4n) is 2.62. The maximum absolute atomic E-state index is 11.1. The predicted molar refractivity (Wildman–Crippen MR) is 78.3 cm³/mol. The highest BCUT2D eigenvalue weighted by molar-refractivity contribution is 5.79. The van der Waals surface area contributed by atoms with Crippen LogP contribution in [0.1, 0.15) is 52.9 Å². The lowest BCUT2D eigenvalue weighted by molar-refractivity contribution is -0.138. The summed E-state index contributed by atoms with van der Waals surface area (Å²) in [6.07, 6.45) is 6.66. The van der Waals surface area contributed by atoms with Crippen LogP contribution in [-0.2, 0) is 14.3 Å². The molecule has 1 saturated carbocycles. The summed E-state index contributed by atoms with van der Waals surface area (Å²) in [6.45, 7) is 7.39. The first-order valence-corrected chi connectivity index (χ1v) is 7.54. The summed E-state index contributed by atoms with van der Waals surface area (Å²) in [5.41, 5.74) is -0.318. The second-order valence-corrected chi connectivity index (χ2v) is 6.53. The molecule has 2 aliphatic rings. The number of carbonyl (C=O) groups is 2. The molecular weight excluding hydrogens is 256 g/mol. The standard InChI is InChI=1S/C10H18N2O.C5H10O2/c13-10-7-11-6-9(12-10)8-4-2-1-3-5-8;1-5(2,3)7-4-6/h8-9,11H,1-7H2,(H,12,13);4H,1-3H3/t9-;/m0./s1. The first-order valence-electron chi connectivity index (χ1n) is 7.54. The van der Waals surface area contributed by atoms with Gasteiger partial charge < -0.3 is 15.4 Å². The fraction of sp³-hybridized carbons (Fsp3) is 0.867. The van der Waals surface area contributed by atoms with Crippen LogP contribution >= 0.6 is 0 Å². The molecule has 0 aromatic carbocycles. The molecule has 1 saturated heterocycles. The highest BCUT2D eigenvalue weighted by atomic mass is 16.5. The summed E-state index contributed by atoms with van der Waals surface area (Å²) in [7, 11) is 0. The van der Waals surface area contributed by atoms with E-state index in [4.69, 9.17) is 0 Å². The van der Waals surface area contributed by atoms with Crippen LogP contribution in [0.4, 0.5) is 0 Å². The van der Waals surface area contributed by atoms with Crippen molar-refractivity contribution in [3.05, 3.63) is 0 Å². The molecule has 2 N–H and O–H groups in total. The van der Waals surface area contributed by atoms with Gasteiger partial charge in [0.1, 0.15) is 5.60 Å². The van der Waals surface area contributed by atoms with E-state index in [-0.39, 0.29) is 11.5 Å². The summed E-state index contributed by atoms with van der Waals surface area (Å²) in [6, 6.07) is 0.404. The zero-order valence-electron chi connectivity index (χ0n) is 12.9. The van der Waals surface area contributed by atoms with Crippen molar-refractivity contribution in [2.75, 3.05) is 13.1 Å². The molecule has 0 aromatic heterocycles. The maximum Gasteiger partial charge on any atom is 0.293 e. The summed E-state index contributed by atoms with van der Waals surface area (Å²) in [5, 5.41) is 6.25. The van der Waals surface area contributed by atoms with E-state index in [2.05, 4.69) is 15.4 Å². The average molecular weight is 284 g/mol. The van der Waals surface area contributed by atoms with Crippen LogP contribution in [0.25, 0.3) is 0 Å². The smallest absolute Gasteiger partial charge is 0.293 e. The number of nitrogens with one attached hydrogen (secondary N) is 2. The van der Waals surface area contributed by atoms with E-state index >= 15 is 0 Å². The van der Waals surface area contributed by atoms with Crippen molar-refractivity contribution in [3.8, 4) is 0 Å². The number of hydrogen-bond acceptors (Lipinski definition) is 4. The Balaban J connectivity index is 0.000000246. The summed E-state index contributed by atoms with van der Waals surface area (Å²) >= 11 is 0. The zero-order valence-corrected chi connectivity index (χ0v) is 12.9. The summed E-state index contributed by atoms with van der Waals surface area (Å²) < 4.78 is 4.55. The second kappa shape index (κ2) is 8.25.